The van der Waals surface area contributed by atoms with Crippen LogP contribution in [0.4, 0.5) is 23.2 Å². The number of hydrogen-bond acceptors (Lipinski definition) is 1. The minimum absolute atomic E-state index is 0.0974. The number of hydrogen-bond donors (Lipinski definition) is 1. The third-order valence-corrected chi connectivity index (χ3v) is 2.06. The van der Waals surface area contributed by atoms with Crippen molar-refractivity contribution in [3.8, 4) is 0 Å². The summed E-state index contributed by atoms with van der Waals surface area (Å²) in [7, 11) is 0. The number of rotatable bonds is 0. The number of nitrogens with two attached hydrogens (primary N) is 1. The van der Waals surface area contributed by atoms with E-state index in [9.17, 15) is 17.6 Å². The predicted octanol–water partition coefficient (Wildman–Crippen LogP) is 3.19. The van der Waals surface area contributed by atoms with Gasteiger partial charge in [-0.15, -0.1) is 0 Å². The van der Waals surface area contributed by atoms with Gasteiger partial charge in [0.1, 0.15) is 5.82 Å². The van der Waals surface area contributed by atoms with E-state index in [1.807, 2.05) is 0 Å². The van der Waals surface area contributed by atoms with E-state index >= 15 is 0 Å². The minimum atomic E-state index is -4.63. The van der Waals surface area contributed by atoms with Gasteiger partial charge in [-0.1, -0.05) is 0 Å². The first-order chi connectivity index (χ1) is 5.82. The van der Waals surface area contributed by atoms with Gasteiger partial charge in [-0.2, -0.15) is 13.2 Å². The summed E-state index contributed by atoms with van der Waals surface area (Å²) in [6.07, 6.45) is -4.63. The normalized spacial score (nSPS) is 11.8. The molecule has 1 nitrogen and oxygen atoms in total. The van der Waals surface area contributed by atoms with Gasteiger partial charge in [0, 0.05) is 4.47 Å². The fraction of sp³-hybridized carbons (Fsp3) is 0.143. The van der Waals surface area contributed by atoms with Crippen molar-refractivity contribution < 1.29 is 17.6 Å². The topological polar surface area (TPSA) is 26.0 Å². The Labute approximate surface area is 79.7 Å². The summed E-state index contributed by atoms with van der Waals surface area (Å²) < 4.78 is 48.9. The van der Waals surface area contributed by atoms with E-state index in [1.165, 1.54) is 0 Å². The molecule has 0 bridgehead atoms. The highest BCUT2D eigenvalue weighted by atomic mass is 79.9. The second-order valence-electron chi connectivity index (χ2n) is 2.35. The van der Waals surface area contributed by atoms with Crippen molar-refractivity contribution in [3.63, 3.8) is 0 Å². The zero-order valence-electron chi connectivity index (χ0n) is 6.12. The highest BCUT2D eigenvalue weighted by Crippen LogP contribution is 2.37. The first-order valence-electron chi connectivity index (χ1n) is 3.14. The summed E-state index contributed by atoms with van der Waals surface area (Å²) in [5.41, 5.74) is 3.43. The van der Waals surface area contributed by atoms with Gasteiger partial charge >= 0.3 is 6.18 Å². The first-order valence-corrected chi connectivity index (χ1v) is 3.93. The molecule has 0 amide bonds. The van der Waals surface area contributed by atoms with Crippen molar-refractivity contribution in [1.82, 2.24) is 0 Å². The number of alkyl halides is 3. The van der Waals surface area contributed by atoms with Gasteiger partial charge in [-0.3, -0.25) is 0 Å². The molecule has 0 aliphatic carbocycles. The van der Waals surface area contributed by atoms with E-state index in [2.05, 4.69) is 15.9 Å². The van der Waals surface area contributed by atoms with Gasteiger partial charge in [0.2, 0.25) is 0 Å². The molecule has 6 heteroatoms. The average Bonchev–Trinajstić information content (AvgIpc) is 1.94. The molecule has 13 heavy (non-hydrogen) atoms. The summed E-state index contributed by atoms with van der Waals surface area (Å²) >= 11 is 2.72. The minimum Gasteiger partial charge on any atom is -0.397 e. The lowest BCUT2D eigenvalue weighted by Crippen LogP contribution is -2.09. The highest BCUT2D eigenvalue weighted by molar-refractivity contribution is 9.10. The number of nitrogen functional groups attached to an aromatic ring is 1. The molecule has 0 aliphatic rings. The summed E-state index contributed by atoms with van der Waals surface area (Å²) in [5, 5.41) is 0. The lowest BCUT2D eigenvalue weighted by Gasteiger charge is -2.10. The highest BCUT2D eigenvalue weighted by Gasteiger charge is 2.34. The molecule has 2 N–H and O–H groups in total. The van der Waals surface area contributed by atoms with E-state index in [1.54, 1.807) is 0 Å². The number of halogens is 5. The van der Waals surface area contributed by atoms with E-state index in [-0.39, 0.29) is 4.47 Å². The Morgan fingerprint density at radius 3 is 2.23 bits per heavy atom. The van der Waals surface area contributed by atoms with Crippen LogP contribution >= 0.6 is 15.9 Å². The molecular formula is C7H4BrF4N. The molecule has 0 unspecified atom stereocenters. The van der Waals surface area contributed by atoms with E-state index < -0.39 is 23.2 Å². The van der Waals surface area contributed by atoms with Crippen LogP contribution in [0, 0.1) is 5.82 Å². The van der Waals surface area contributed by atoms with Gasteiger partial charge in [-0.05, 0) is 28.1 Å². The third-order valence-electron chi connectivity index (χ3n) is 1.40. The maximum absolute atomic E-state index is 12.6. The summed E-state index contributed by atoms with van der Waals surface area (Å²) in [6, 6.07) is 1.24. The van der Waals surface area contributed by atoms with Crippen molar-refractivity contribution in [2.24, 2.45) is 0 Å². The molecule has 0 spiro atoms. The maximum Gasteiger partial charge on any atom is 0.418 e. The SMILES string of the molecule is Nc1c(Br)cc(F)cc1C(F)(F)F. The van der Waals surface area contributed by atoms with Gasteiger partial charge in [-0.25, -0.2) is 4.39 Å². The number of benzene rings is 1. The zero-order valence-corrected chi connectivity index (χ0v) is 7.71. The third kappa shape index (κ3) is 2.12. The van der Waals surface area contributed by atoms with Crippen molar-refractivity contribution >= 4 is 21.6 Å². The molecule has 1 rings (SSSR count). The molecule has 0 fully saturated rings. The predicted molar refractivity (Wildman–Crippen MR) is 43.5 cm³/mol. The average molecular weight is 258 g/mol. The van der Waals surface area contributed by atoms with E-state index in [0.717, 1.165) is 6.07 Å². The molecule has 0 heterocycles. The largest absolute Gasteiger partial charge is 0.418 e. The summed E-state index contributed by atoms with van der Waals surface area (Å²) in [4.78, 5) is 0. The van der Waals surface area contributed by atoms with Gasteiger partial charge in [0.25, 0.3) is 0 Å². The van der Waals surface area contributed by atoms with E-state index in [0.29, 0.717) is 6.07 Å². The second kappa shape index (κ2) is 3.17. The molecule has 0 aromatic heterocycles. The number of anilines is 1. The zero-order chi connectivity index (χ0) is 10.2. The molecule has 1 aromatic rings. The van der Waals surface area contributed by atoms with Crippen LogP contribution < -0.4 is 5.73 Å². The van der Waals surface area contributed by atoms with Crippen LogP contribution in [0.25, 0.3) is 0 Å². The Kier molecular flexibility index (Phi) is 2.51. The molecular weight excluding hydrogens is 254 g/mol. The van der Waals surface area contributed by atoms with E-state index in [4.69, 9.17) is 5.73 Å². The lowest BCUT2D eigenvalue weighted by molar-refractivity contribution is -0.137. The Bertz CT molecular complexity index is 334. The Balaban J connectivity index is 3.37. The molecule has 0 atom stereocenters. The quantitative estimate of drug-likeness (QED) is 0.561. The van der Waals surface area contributed by atoms with Gasteiger partial charge in [0.05, 0.1) is 11.3 Å². The molecule has 72 valence electrons. The molecule has 0 saturated heterocycles. The fourth-order valence-electron chi connectivity index (χ4n) is 0.819. The Morgan fingerprint density at radius 1 is 1.23 bits per heavy atom. The van der Waals surface area contributed by atoms with Crippen molar-refractivity contribution in [3.05, 3.63) is 28.0 Å². The van der Waals surface area contributed by atoms with Crippen LogP contribution in [-0.4, -0.2) is 0 Å². The van der Waals surface area contributed by atoms with Crippen LogP contribution in [0.5, 0.6) is 0 Å². The summed E-state index contributed by atoms with van der Waals surface area (Å²) in [6.45, 7) is 0. The smallest absolute Gasteiger partial charge is 0.397 e. The van der Waals surface area contributed by atoms with Crippen LogP contribution in [0.1, 0.15) is 5.56 Å². The van der Waals surface area contributed by atoms with Gasteiger partial charge < -0.3 is 5.73 Å². The lowest BCUT2D eigenvalue weighted by atomic mass is 10.2. The Morgan fingerprint density at radius 2 is 1.77 bits per heavy atom. The standard InChI is InChI=1S/C7H4BrF4N/c8-5-2-3(9)1-4(6(5)13)7(10,11)12/h1-2H,13H2. The van der Waals surface area contributed by atoms with Crippen molar-refractivity contribution in [2.75, 3.05) is 5.73 Å². The molecule has 0 radical (unpaired) electrons. The second-order valence-corrected chi connectivity index (χ2v) is 3.20. The first kappa shape index (κ1) is 10.3. The monoisotopic (exact) mass is 257 g/mol. The maximum atomic E-state index is 12.6. The van der Waals surface area contributed by atoms with Crippen LogP contribution in [0.15, 0.2) is 16.6 Å². The van der Waals surface area contributed by atoms with Crippen molar-refractivity contribution in [1.29, 1.82) is 0 Å². The van der Waals surface area contributed by atoms with Crippen LogP contribution in [0.3, 0.4) is 0 Å². The molecule has 0 saturated carbocycles. The molecule has 0 aliphatic heterocycles. The van der Waals surface area contributed by atoms with Gasteiger partial charge in [0.15, 0.2) is 0 Å². The fourth-order valence-corrected chi connectivity index (χ4v) is 1.25. The van der Waals surface area contributed by atoms with Crippen LogP contribution in [-0.2, 0) is 6.18 Å². The van der Waals surface area contributed by atoms with Crippen molar-refractivity contribution in [2.45, 2.75) is 6.18 Å². The Hall–Kier alpha value is -0.780. The van der Waals surface area contributed by atoms with Crippen LogP contribution in [0.2, 0.25) is 0 Å². The summed E-state index contributed by atoms with van der Waals surface area (Å²) in [5.74, 6) is -0.978. The molecule has 1 aromatic carbocycles.